The Morgan fingerprint density at radius 3 is 2.25 bits per heavy atom. The van der Waals surface area contributed by atoms with Crippen molar-refractivity contribution in [1.29, 1.82) is 0 Å². The predicted octanol–water partition coefficient (Wildman–Crippen LogP) is 1.62. The number of isocyanates is 2. The Morgan fingerprint density at radius 1 is 1.08 bits per heavy atom. The van der Waals surface area contributed by atoms with Gasteiger partial charge < -0.3 is 0 Å². The van der Waals surface area contributed by atoms with Gasteiger partial charge in [-0.3, -0.25) is 0 Å². The molecule has 0 radical (unpaired) electrons. The summed E-state index contributed by atoms with van der Waals surface area (Å²) in [5.41, 5.74) is 0.504. The summed E-state index contributed by atoms with van der Waals surface area (Å²) < 4.78 is 7.33. The van der Waals surface area contributed by atoms with Gasteiger partial charge in [0.25, 0.3) is 0 Å². The lowest BCUT2D eigenvalue weighted by molar-refractivity contribution is 0.564. The highest BCUT2D eigenvalue weighted by atomic mass is 16.1. The normalized spacial score (nSPS) is 9.17. The molecular formula is C8H4N2O2. The van der Waals surface area contributed by atoms with Gasteiger partial charge in [-0.2, -0.15) is 9.98 Å². The van der Waals surface area contributed by atoms with E-state index in [1.54, 1.807) is 0 Å². The summed E-state index contributed by atoms with van der Waals surface area (Å²) in [6.07, 6.45) is 2.67. The lowest BCUT2D eigenvalue weighted by atomic mass is 10.3. The second kappa shape index (κ2) is 3.98. The highest BCUT2D eigenvalue weighted by Crippen LogP contribution is 2.16. The quantitative estimate of drug-likeness (QED) is 0.488. The lowest BCUT2D eigenvalue weighted by Gasteiger charge is -1.89. The van der Waals surface area contributed by atoms with Crippen molar-refractivity contribution >= 4 is 23.5 Å². The molecule has 12 heavy (non-hydrogen) atoms. The number of nitrogens with zero attached hydrogens (tertiary/aromatic N) is 2. The molecule has 4 nitrogen and oxygen atoms in total. The maximum absolute atomic E-state index is 9.88. The van der Waals surface area contributed by atoms with Gasteiger partial charge in [0.2, 0.25) is 12.2 Å². The maximum Gasteiger partial charge on any atom is 0.240 e. The molecule has 0 aliphatic heterocycles. The zero-order valence-electron chi connectivity index (χ0n) is 6.94. The number of benzene rings is 1. The topological polar surface area (TPSA) is 58.9 Å². The summed E-state index contributed by atoms with van der Waals surface area (Å²) in [6, 6.07) is 4.18. The van der Waals surface area contributed by atoms with Gasteiger partial charge in [-0.25, -0.2) is 9.59 Å². The monoisotopic (exact) mass is 161 g/mol. The Kier molecular flexibility index (Phi) is 2.22. The van der Waals surface area contributed by atoms with Crippen LogP contribution in [0.2, 0.25) is 0 Å². The fourth-order valence-electron chi connectivity index (χ4n) is 0.649. The van der Waals surface area contributed by atoms with E-state index in [0.717, 1.165) is 0 Å². The maximum atomic E-state index is 9.88. The standard InChI is InChI=1S/C8H4N2O2/c11-5-9-7-1-2-8(4-3-7)10-6-12/h1-4H/i1D. The minimum atomic E-state index is 0.0138. The Hall–Kier alpha value is -2.02. The number of carbonyl (C=O) groups excluding carboxylic acids is 2. The van der Waals surface area contributed by atoms with Crippen molar-refractivity contribution < 1.29 is 11.0 Å². The first-order valence-electron chi connectivity index (χ1n) is 3.54. The molecule has 0 fully saturated rings. The van der Waals surface area contributed by atoms with E-state index in [-0.39, 0.29) is 11.7 Å². The van der Waals surface area contributed by atoms with E-state index in [9.17, 15) is 9.59 Å². The third kappa shape index (κ3) is 1.99. The summed E-state index contributed by atoms with van der Waals surface area (Å²) in [5.74, 6) is 0. The number of hydrogen-bond donors (Lipinski definition) is 0. The van der Waals surface area contributed by atoms with Crippen LogP contribution in [-0.4, -0.2) is 12.2 Å². The van der Waals surface area contributed by atoms with E-state index in [0.29, 0.717) is 5.69 Å². The molecule has 0 heterocycles. The van der Waals surface area contributed by atoms with Crippen LogP contribution < -0.4 is 0 Å². The van der Waals surface area contributed by atoms with E-state index in [1.165, 1.54) is 30.4 Å². The summed E-state index contributed by atoms with van der Waals surface area (Å²) in [4.78, 5) is 26.3. The van der Waals surface area contributed by atoms with Crippen molar-refractivity contribution in [1.82, 2.24) is 0 Å². The first-order valence-corrected chi connectivity index (χ1v) is 3.04. The SMILES string of the molecule is [2H]c1cc(N=C=O)ccc1N=C=O. The predicted molar refractivity (Wildman–Crippen MR) is 42.0 cm³/mol. The Morgan fingerprint density at radius 2 is 1.67 bits per heavy atom. The fourth-order valence-corrected chi connectivity index (χ4v) is 0.649. The molecule has 0 amide bonds. The third-order valence-corrected chi connectivity index (χ3v) is 1.12. The molecule has 0 aromatic heterocycles. The van der Waals surface area contributed by atoms with Gasteiger partial charge in [-0.1, -0.05) is 0 Å². The molecule has 1 rings (SSSR count). The largest absolute Gasteiger partial charge is 0.240 e. The van der Waals surface area contributed by atoms with Crippen molar-refractivity contribution in [2.24, 2.45) is 9.98 Å². The van der Waals surface area contributed by atoms with Gasteiger partial charge in [-0.15, -0.1) is 0 Å². The average molecular weight is 161 g/mol. The molecule has 0 aliphatic rings. The van der Waals surface area contributed by atoms with Crippen molar-refractivity contribution in [3.05, 3.63) is 24.2 Å². The van der Waals surface area contributed by atoms with Crippen LogP contribution in [0.25, 0.3) is 0 Å². The smallest absolute Gasteiger partial charge is 0.211 e. The Balaban J connectivity index is 3.19. The van der Waals surface area contributed by atoms with E-state index in [1.807, 2.05) is 0 Å². The number of hydrogen-bond acceptors (Lipinski definition) is 4. The third-order valence-electron chi connectivity index (χ3n) is 1.12. The van der Waals surface area contributed by atoms with Gasteiger partial charge in [0.05, 0.1) is 12.7 Å². The van der Waals surface area contributed by atoms with Crippen molar-refractivity contribution in [3.8, 4) is 0 Å². The van der Waals surface area contributed by atoms with Gasteiger partial charge in [0.15, 0.2) is 0 Å². The average Bonchev–Trinajstić information content (AvgIpc) is 2.10. The molecule has 4 heteroatoms. The second-order valence-electron chi connectivity index (χ2n) is 1.84. The van der Waals surface area contributed by atoms with E-state index >= 15 is 0 Å². The van der Waals surface area contributed by atoms with Crippen LogP contribution in [0, 0.1) is 0 Å². The van der Waals surface area contributed by atoms with Crippen LogP contribution in [0.3, 0.4) is 0 Å². The molecule has 0 unspecified atom stereocenters. The minimum absolute atomic E-state index is 0.0138. The van der Waals surface area contributed by atoms with Gasteiger partial charge in [-0.05, 0) is 24.2 Å². The molecule has 0 spiro atoms. The first kappa shape index (κ1) is 6.68. The molecule has 58 valence electrons. The van der Waals surface area contributed by atoms with Crippen LogP contribution in [0.1, 0.15) is 1.37 Å². The molecule has 0 N–H and O–H groups in total. The van der Waals surface area contributed by atoms with Crippen molar-refractivity contribution in [2.45, 2.75) is 0 Å². The summed E-state index contributed by atoms with van der Waals surface area (Å²) >= 11 is 0. The molecule has 0 atom stereocenters. The van der Waals surface area contributed by atoms with Crippen LogP contribution in [0.4, 0.5) is 11.4 Å². The zero-order chi connectivity index (χ0) is 9.68. The first-order chi connectivity index (χ1) is 6.27. The van der Waals surface area contributed by atoms with Crippen LogP contribution in [0.15, 0.2) is 34.2 Å². The summed E-state index contributed by atoms with van der Waals surface area (Å²) in [5, 5.41) is 0. The van der Waals surface area contributed by atoms with Gasteiger partial charge in [0, 0.05) is 0 Å². The van der Waals surface area contributed by atoms with Gasteiger partial charge >= 0.3 is 0 Å². The summed E-state index contributed by atoms with van der Waals surface area (Å²) in [7, 11) is 0. The van der Waals surface area contributed by atoms with Crippen LogP contribution in [-0.2, 0) is 9.59 Å². The van der Waals surface area contributed by atoms with E-state index in [2.05, 4.69) is 9.98 Å². The molecule has 1 aromatic carbocycles. The Labute approximate surface area is 69.7 Å². The highest BCUT2D eigenvalue weighted by molar-refractivity contribution is 5.55. The van der Waals surface area contributed by atoms with Crippen molar-refractivity contribution in [2.75, 3.05) is 0 Å². The van der Waals surface area contributed by atoms with E-state index < -0.39 is 0 Å². The highest BCUT2D eigenvalue weighted by Gasteiger charge is 1.89. The molecule has 0 aliphatic carbocycles. The molecule has 0 saturated heterocycles. The zero-order valence-corrected chi connectivity index (χ0v) is 5.94. The molecule has 0 saturated carbocycles. The molecule has 0 bridgehead atoms. The lowest BCUT2D eigenvalue weighted by Crippen LogP contribution is -1.64. The van der Waals surface area contributed by atoms with Crippen LogP contribution in [0.5, 0.6) is 0 Å². The summed E-state index contributed by atoms with van der Waals surface area (Å²) in [6.45, 7) is 0. The molecular weight excluding hydrogens is 156 g/mol. The van der Waals surface area contributed by atoms with E-state index in [4.69, 9.17) is 1.37 Å². The fraction of sp³-hybridized carbons (Fsp3) is 0. The van der Waals surface area contributed by atoms with Gasteiger partial charge in [0.1, 0.15) is 0 Å². The second-order valence-corrected chi connectivity index (χ2v) is 1.84. The Bertz CT molecular complexity index is 418. The molecule has 1 aromatic rings. The number of aliphatic imine (C=N–C) groups is 2. The number of rotatable bonds is 2. The minimum Gasteiger partial charge on any atom is -0.211 e. The van der Waals surface area contributed by atoms with Crippen molar-refractivity contribution in [3.63, 3.8) is 0 Å². The van der Waals surface area contributed by atoms with Crippen LogP contribution >= 0.6 is 0 Å².